The summed E-state index contributed by atoms with van der Waals surface area (Å²) in [4.78, 5) is 14.0. The van der Waals surface area contributed by atoms with Crippen molar-refractivity contribution in [1.29, 1.82) is 0 Å². The maximum atomic E-state index is 12.4. The second-order valence-electron chi connectivity index (χ2n) is 7.01. The number of carbonyl (C=O) groups excluding carboxylic acids is 1. The summed E-state index contributed by atoms with van der Waals surface area (Å²) in [5, 5.41) is 10.6. The van der Waals surface area contributed by atoms with Gasteiger partial charge in [0.1, 0.15) is 5.60 Å². The van der Waals surface area contributed by atoms with Crippen LogP contribution in [0.5, 0.6) is 0 Å². The van der Waals surface area contributed by atoms with Gasteiger partial charge < -0.3 is 14.6 Å². The van der Waals surface area contributed by atoms with E-state index in [9.17, 15) is 9.90 Å². The van der Waals surface area contributed by atoms with E-state index in [0.29, 0.717) is 26.2 Å². The van der Waals surface area contributed by atoms with E-state index in [0.717, 1.165) is 11.1 Å². The largest absolute Gasteiger partial charge is 0.444 e. The second-order valence-corrected chi connectivity index (χ2v) is 7.01. The lowest BCUT2D eigenvalue weighted by Crippen LogP contribution is -2.55. The third kappa shape index (κ3) is 4.94. The van der Waals surface area contributed by atoms with Gasteiger partial charge in [0.25, 0.3) is 0 Å². The Balaban J connectivity index is 2.08. The summed E-state index contributed by atoms with van der Waals surface area (Å²) in [6.07, 6.45) is -0.599. The molecule has 1 aliphatic heterocycles. The number of nitrogens with zero attached hydrogens (tertiary/aromatic N) is 1. The Labute approximate surface area is 138 Å². The van der Waals surface area contributed by atoms with Crippen molar-refractivity contribution < 1.29 is 19.4 Å². The van der Waals surface area contributed by atoms with Crippen molar-refractivity contribution in [3.63, 3.8) is 0 Å². The molecule has 0 aliphatic carbocycles. The van der Waals surface area contributed by atoms with Gasteiger partial charge in [-0.3, -0.25) is 4.90 Å². The number of aliphatic hydroxyl groups is 1. The number of morpholine rings is 1. The Morgan fingerprint density at radius 2 is 2.13 bits per heavy atom. The van der Waals surface area contributed by atoms with Crippen LogP contribution < -0.4 is 0 Å². The Bertz CT molecular complexity index is 538. The average Bonchev–Trinajstić information content (AvgIpc) is 2.48. The first-order chi connectivity index (χ1) is 10.8. The van der Waals surface area contributed by atoms with Gasteiger partial charge in [-0.15, -0.1) is 0 Å². The van der Waals surface area contributed by atoms with Crippen LogP contribution in [0.1, 0.15) is 31.9 Å². The third-order valence-electron chi connectivity index (χ3n) is 3.93. The maximum Gasteiger partial charge on any atom is 0.410 e. The molecule has 1 fully saturated rings. The molecule has 23 heavy (non-hydrogen) atoms. The van der Waals surface area contributed by atoms with E-state index in [1.54, 1.807) is 4.90 Å². The molecule has 0 spiro atoms. The number of amides is 1. The summed E-state index contributed by atoms with van der Waals surface area (Å²) in [6, 6.07) is 7.56. The number of rotatable bonds is 3. The van der Waals surface area contributed by atoms with Gasteiger partial charge in [-0.1, -0.05) is 24.3 Å². The molecule has 1 N–H and O–H groups in total. The van der Waals surface area contributed by atoms with Gasteiger partial charge in [0.2, 0.25) is 0 Å². The maximum absolute atomic E-state index is 12.4. The topological polar surface area (TPSA) is 59.0 Å². The highest BCUT2D eigenvalue weighted by Crippen LogP contribution is 2.19. The molecule has 1 saturated heterocycles. The summed E-state index contributed by atoms with van der Waals surface area (Å²) in [7, 11) is 0. The van der Waals surface area contributed by atoms with E-state index in [2.05, 4.69) is 0 Å². The molecule has 0 radical (unpaired) electrons. The van der Waals surface area contributed by atoms with Crippen molar-refractivity contribution in [2.45, 2.75) is 51.9 Å². The highest BCUT2D eigenvalue weighted by atomic mass is 16.6. The van der Waals surface area contributed by atoms with Gasteiger partial charge in [-0.25, -0.2) is 4.79 Å². The minimum atomic E-state index is -0.691. The van der Waals surface area contributed by atoms with Gasteiger partial charge in [0.15, 0.2) is 0 Å². The lowest BCUT2D eigenvalue weighted by atomic mass is 9.97. The molecule has 1 amide bonds. The molecule has 128 valence electrons. The van der Waals surface area contributed by atoms with Crippen LogP contribution in [0.2, 0.25) is 0 Å². The highest BCUT2D eigenvalue weighted by Gasteiger charge is 2.35. The SMILES string of the molecule is Cc1ccccc1CC(O)C1COCCN1C(=O)OC(C)(C)C. The zero-order valence-corrected chi connectivity index (χ0v) is 14.4. The Morgan fingerprint density at radius 3 is 2.78 bits per heavy atom. The van der Waals surface area contributed by atoms with E-state index in [-0.39, 0.29) is 0 Å². The van der Waals surface area contributed by atoms with Gasteiger partial charge >= 0.3 is 6.09 Å². The summed E-state index contributed by atoms with van der Waals surface area (Å²) in [6.45, 7) is 8.76. The molecular weight excluding hydrogens is 294 g/mol. The predicted molar refractivity (Wildman–Crippen MR) is 88.4 cm³/mol. The minimum Gasteiger partial charge on any atom is -0.444 e. The molecule has 2 atom stereocenters. The number of carbonyl (C=O) groups is 1. The molecule has 2 rings (SSSR count). The van der Waals surface area contributed by atoms with Crippen molar-refractivity contribution >= 4 is 6.09 Å². The molecule has 2 unspecified atom stereocenters. The molecule has 1 aliphatic rings. The van der Waals surface area contributed by atoms with Crippen LogP contribution in [0.25, 0.3) is 0 Å². The van der Waals surface area contributed by atoms with Crippen molar-refractivity contribution in [2.24, 2.45) is 0 Å². The normalized spacial score (nSPS) is 20.2. The van der Waals surface area contributed by atoms with Crippen LogP contribution in [0.4, 0.5) is 4.79 Å². The van der Waals surface area contributed by atoms with Crippen LogP contribution in [0.15, 0.2) is 24.3 Å². The lowest BCUT2D eigenvalue weighted by molar-refractivity contribution is -0.0660. The molecule has 0 aromatic heterocycles. The smallest absolute Gasteiger partial charge is 0.410 e. The van der Waals surface area contributed by atoms with Crippen LogP contribution in [0, 0.1) is 6.92 Å². The van der Waals surface area contributed by atoms with E-state index in [1.807, 2.05) is 52.0 Å². The van der Waals surface area contributed by atoms with E-state index in [1.165, 1.54) is 0 Å². The molecular formula is C18H27NO4. The van der Waals surface area contributed by atoms with Gasteiger partial charge in [-0.05, 0) is 38.8 Å². The first-order valence-electron chi connectivity index (χ1n) is 8.08. The summed E-state index contributed by atoms with van der Waals surface area (Å²) in [5.41, 5.74) is 1.66. The average molecular weight is 321 g/mol. The van der Waals surface area contributed by atoms with Crippen molar-refractivity contribution in [2.75, 3.05) is 19.8 Å². The van der Waals surface area contributed by atoms with Crippen molar-refractivity contribution in [1.82, 2.24) is 4.90 Å². The van der Waals surface area contributed by atoms with Crippen molar-refractivity contribution in [3.05, 3.63) is 35.4 Å². The Kier molecular flexibility index (Phi) is 5.65. The van der Waals surface area contributed by atoms with Crippen molar-refractivity contribution in [3.8, 4) is 0 Å². The molecule has 0 saturated carbocycles. The van der Waals surface area contributed by atoms with Crippen LogP contribution in [-0.4, -0.2) is 53.6 Å². The monoisotopic (exact) mass is 321 g/mol. The molecule has 1 aromatic carbocycles. The van der Waals surface area contributed by atoms with E-state index < -0.39 is 23.8 Å². The number of aliphatic hydroxyl groups excluding tert-OH is 1. The molecule has 1 heterocycles. The molecule has 0 bridgehead atoms. The second kappa shape index (κ2) is 7.32. The van der Waals surface area contributed by atoms with E-state index >= 15 is 0 Å². The number of aryl methyl sites for hydroxylation is 1. The van der Waals surface area contributed by atoms with Crippen LogP contribution >= 0.6 is 0 Å². The van der Waals surface area contributed by atoms with Gasteiger partial charge in [0.05, 0.1) is 25.4 Å². The predicted octanol–water partition coefficient (Wildman–Crippen LogP) is 2.53. The third-order valence-corrected chi connectivity index (χ3v) is 3.93. The fraction of sp³-hybridized carbons (Fsp3) is 0.611. The summed E-state index contributed by atoms with van der Waals surface area (Å²) < 4.78 is 10.9. The molecule has 5 heteroatoms. The molecule has 5 nitrogen and oxygen atoms in total. The first kappa shape index (κ1) is 17.8. The van der Waals surface area contributed by atoms with Gasteiger partial charge in [-0.2, -0.15) is 0 Å². The summed E-state index contributed by atoms with van der Waals surface area (Å²) >= 11 is 0. The number of hydrogen-bond acceptors (Lipinski definition) is 4. The zero-order valence-electron chi connectivity index (χ0n) is 14.4. The number of ether oxygens (including phenoxy) is 2. The molecule has 1 aromatic rings. The van der Waals surface area contributed by atoms with Gasteiger partial charge in [0, 0.05) is 13.0 Å². The number of benzene rings is 1. The zero-order chi connectivity index (χ0) is 17.0. The number of hydrogen-bond donors (Lipinski definition) is 1. The quantitative estimate of drug-likeness (QED) is 0.929. The van der Waals surface area contributed by atoms with Crippen LogP contribution in [0.3, 0.4) is 0 Å². The van der Waals surface area contributed by atoms with E-state index in [4.69, 9.17) is 9.47 Å². The minimum absolute atomic E-state index is 0.326. The van der Waals surface area contributed by atoms with Crippen LogP contribution in [-0.2, 0) is 15.9 Å². The Morgan fingerprint density at radius 1 is 1.43 bits per heavy atom. The highest BCUT2D eigenvalue weighted by molar-refractivity contribution is 5.68. The Hall–Kier alpha value is -1.59. The first-order valence-corrected chi connectivity index (χ1v) is 8.08. The fourth-order valence-electron chi connectivity index (χ4n) is 2.69. The summed E-state index contributed by atoms with van der Waals surface area (Å²) in [5.74, 6) is 0. The fourth-order valence-corrected chi connectivity index (χ4v) is 2.69. The lowest BCUT2D eigenvalue weighted by Gasteiger charge is -2.39. The standard InChI is InChI=1S/C18H27NO4/c1-13-7-5-6-8-14(13)11-16(20)15-12-22-10-9-19(15)17(21)23-18(2,3)4/h5-8,15-16,20H,9-12H2,1-4H3.